The van der Waals surface area contributed by atoms with E-state index in [1.165, 1.54) is 12.8 Å². The summed E-state index contributed by atoms with van der Waals surface area (Å²) >= 11 is 5.87. The van der Waals surface area contributed by atoms with Crippen molar-refractivity contribution in [3.05, 3.63) is 46.0 Å². The molecule has 1 aromatic rings. The molecular formula is C19H28ClNO. The van der Waals surface area contributed by atoms with Crippen molar-refractivity contribution in [1.29, 1.82) is 0 Å². The van der Waals surface area contributed by atoms with Crippen LogP contribution in [0.15, 0.2) is 35.4 Å². The lowest BCUT2D eigenvalue weighted by Gasteiger charge is -2.21. The Labute approximate surface area is 139 Å². The van der Waals surface area contributed by atoms with Gasteiger partial charge in [0.2, 0.25) is 0 Å². The molecule has 2 nitrogen and oxygen atoms in total. The fraction of sp³-hybridized carbons (Fsp3) is 0.579. The number of hydrogen-bond acceptors (Lipinski definition) is 2. The lowest BCUT2D eigenvalue weighted by molar-refractivity contribution is 0.170. The van der Waals surface area contributed by atoms with E-state index in [9.17, 15) is 5.11 Å². The Kier molecular flexibility index (Phi) is 5.70. The Morgan fingerprint density at radius 2 is 1.91 bits per heavy atom. The van der Waals surface area contributed by atoms with Crippen molar-refractivity contribution in [2.45, 2.75) is 59.1 Å². The molecule has 1 aliphatic carbocycles. The third-order valence-corrected chi connectivity index (χ3v) is 5.32. The van der Waals surface area contributed by atoms with Crippen molar-refractivity contribution < 1.29 is 5.11 Å². The fourth-order valence-electron chi connectivity index (χ4n) is 3.13. The van der Waals surface area contributed by atoms with Gasteiger partial charge in [-0.15, -0.1) is 0 Å². The summed E-state index contributed by atoms with van der Waals surface area (Å²) in [6.07, 6.45) is 3.05. The van der Waals surface area contributed by atoms with Crippen LogP contribution in [-0.4, -0.2) is 17.7 Å². The Bertz CT molecular complexity index is 533. The molecule has 0 aromatic heterocycles. The molecule has 0 spiro atoms. The van der Waals surface area contributed by atoms with Gasteiger partial charge in [0.15, 0.2) is 0 Å². The third-order valence-electron chi connectivity index (χ3n) is 5.06. The average Bonchev–Trinajstić information content (AvgIpc) is 2.72. The Balaban J connectivity index is 1.84. The molecule has 0 radical (unpaired) electrons. The van der Waals surface area contributed by atoms with E-state index >= 15 is 0 Å². The predicted octanol–water partition coefficient (Wildman–Crippen LogP) is 4.88. The normalized spacial score (nSPS) is 20.3. The van der Waals surface area contributed by atoms with Crippen LogP contribution in [0.2, 0.25) is 5.02 Å². The van der Waals surface area contributed by atoms with E-state index in [0.717, 1.165) is 12.0 Å². The van der Waals surface area contributed by atoms with Crippen molar-refractivity contribution in [2.24, 2.45) is 5.41 Å². The zero-order chi connectivity index (χ0) is 16.3. The summed E-state index contributed by atoms with van der Waals surface area (Å²) < 4.78 is 0. The number of rotatable bonds is 6. The number of aliphatic hydroxyl groups is 1. The summed E-state index contributed by atoms with van der Waals surface area (Å²) in [6, 6.07) is 7.77. The number of halogens is 1. The quantitative estimate of drug-likeness (QED) is 0.732. The molecule has 0 bridgehead atoms. The van der Waals surface area contributed by atoms with Crippen LogP contribution in [0.25, 0.3) is 0 Å². The topological polar surface area (TPSA) is 32.3 Å². The molecule has 2 unspecified atom stereocenters. The van der Waals surface area contributed by atoms with Gasteiger partial charge in [-0.3, -0.25) is 0 Å². The first kappa shape index (κ1) is 17.5. The van der Waals surface area contributed by atoms with E-state index in [-0.39, 0.29) is 0 Å². The Morgan fingerprint density at radius 3 is 2.45 bits per heavy atom. The zero-order valence-electron chi connectivity index (χ0n) is 14.1. The molecule has 1 aromatic carbocycles. The highest BCUT2D eigenvalue weighted by Crippen LogP contribution is 2.43. The minimum absolute atomic E-state index is 0.359. The molecule has 0 aliphatic heterocycles. The molecule has 0 amide bonds. The van der Waals surface area contributed by atoms with Crippen LogP contribution >= 0.6 is 11.6 Å². The number of allylic oxidation sites excluding steroid dienone is 1. The molecule has 2 atom stereocenters. The molecule has 0 saturated carbocycles. The second-order valence-electron chi connectivity index (χ2n) is 7.19. The third kappa shape index (κ3) is 4.34. The van der Waals surface area contributed by atoms with Crippen LogP contribution in [-0.2, 0) is 0 Å². The summed E-state index contributed by atoms with van der Waals surface area (Å²) in [5.41, 5.74) is 4.41. The van der Waals surface area contributed by atoms with E-state index < -0.39 is 6.10 Å². The standard InChI is InChI=1S/C19H28ClNO/c1-13(11-16-9-10-19(3,4)14(16)2)21-12-18(22)15-5-7-17(20)8-6-15/h5-8,13,18,21-22H,9-12H2,1-4H3. The van der Waals surface area contributed by atoms with E-state index in [1.807, 2.05) is 24.3 Å². The summed E-state index contributed by atoms with van der Waals surface area (Å²) in [7, 11) is 0. The van der Waals surface area contributed by atoms with Gasteiger partial charge in [-0.2, -0.15) is 0 Å². The number of aliphatic hydroxyl groups excluding tert-OH is 1. The van der Waals surface area contributed by atoms with Gasteiger partial charge in [-0.1, -0.05) is 48.7 Å². The summed E-state index contributed by atoms with van der Waals surface area (Å²) in [5, 5.41) is 14.4. The number of hydrogen-bond donors (Lipinski definition) is 2. The molecule has 2 N–H and O–H groups in total. The lowest BCUT2D eigenvalue weighted by Crippen LogP contribution is -2.30. The Morgan fingerprint density at radius 1 is 1.27 bits per heavy atom. The van der Waals surface area contributed by atoms with Crippen LogP contribution in [0.3, 0.4) is 0 Å². The first-order valence-corrected chi connectivity index (χ1v) is 8.53. The van der Waals surface area contributed by atoms with E-state index in [1.54, 1.807) is 11.1 Å². The minimum atomic E-state index is -0.491. The number of benzene rings is 1. The van der Waals surface area contributed by atoms with Gasteiger partial charge in [0.25, 0.3) is 0 Å². The average molecular weight is 322 g/mol. The second kappa shape index (κ2) is 7.16. The Hall–Kier alpha value is -0.830. The van der Waals surface area contributed by atoms with Gasteiger partial charge in [0.1, 0.15) is 0 Å². The van der Waals surface area contributed by atoms with Gasteiger partial charge in [-0.05, 0) is 56.2 Å². The first-order chi connectivity index (χ1) is 10.3. The maximum atomic E-state index is 10.2. The molecule has 0 saturated heterocycles. The van der Waals surface area contributed by atoms with E-state index in [0.29, 0.717) is 23.0 Å². The van der Waals surface area contributed by atoms with E-state index in [2.05, 4.69) is 33.0 Å². The van der Waals surface area contributed by atoms with Crippen LogP contribution in [0, 0.1) is 5.41 Å². The molecule has 122 valence electrons. The molecule has 22 heavy (non-hydrogen) atoms. The fourth-order valence-corrected chi connectivity index (χ4v) is 3.26. The molecule has 3 heteroatoms. The van der Waals surface area contributed by atoms with Crippen LogP contribution in [0.4, 0.5) is 0 Å². The largest absolute Gasteiger partial charge is 0.387 e. The monoisotopic (exact) mass is 321 g/mol. The zero-order valence-corrected chi connectivity index (χ0v) is 14.9. The summed E-state index contributed by atoms with van der Waals surface area (Å²) in [4.78, 5) is 0. The highest BCUT2D eigenvalue weighted by atomic mass is 35.5. The van der Waals surface area contributed by atoms with Crippen LogP contribution in [0.5, 0.6) is 0 Å². The second-order valence-corrected chi connectivity index (χ2v) is 7.63. The van der Waals surface area contributed by atoms with Gasteiger partial charge in [0, 0.05) is 17.6 Å². The van der Waals surface area contributed by atoms with Gasteiger partial charge in [-0.25, -0.2) is 0 Å². The van der Waals surface area contributed by atoms with Crippen molar-refractivity contribution in [1.82, 2.24) is 5.32 Å². The number of nitrogens with one attached hydrogen (secondary N) is 1. The van der Waals surface area contributed by atoms with Gasteiger partial charge < -0.3 is 10.4 Å². The highest BCUT2D eigenvalue weighted by molar-refractivity contribution is 6.30. The predicted molar refractivity (Wildman–Crippen MR) is 94.2 cm³/mol. The maximum Gasteiger partial charge on any atom is 0.0914 e. The maximum absolute atomic E-state index is 10.2. The van der Waals surface area contributed by atoms with Gasteiger partial charge >= 0.3 is 0 Å². The van der Waals surface area contributed by atoms with Crippen molar-refractivity contribution in [3.8, 4) is 0 Å². The van der Waals surface area contributed by atoms with Crippen LogP contribution in [0.1, 0.15) is 58.6 Å². The van der Waals surface area contributed by atoms with Crippen molar-refractivity contribution in [2.75, 3.05) is 6.54 Å². The van der Waals surface area contributed by atoms with Crippen LogP contribution < -0.4 is 5.32 Å². The molecule has 1 aliphatic rings. The highest BCUT2D eigenvalue weighted by Gasteiger charge is 2.29. The first-order valence-electron chi connectivity index (χ1n) is 8.15. The van der Waals surface area contributed by atoms with Crippen molar-refractivity contribution in [3.63, 3.8) is 0 Å². The van der Waals surface area contributed by atoms with Crippen molar-refractivity contribution >= 4 is 11.6 Å². The lowest BCUT2D eigenvalue weighted by atomic mass is 9.86. The molecule has 0 heterocycles. The molecule has 0 fully saturated rings. The molecule has 2 rings (SSSR count). The minimum Gasteiger partial charge on any atom is -0.387 e. The smallest absolute Gasteiger partial charge is 0.0914 e. The SMILES string of the molecule is CC1=C(CC(C)NCC(O)c2ccc(Cl)cc2)CCC1(C)C. The summed E-state index contributed by atoms with van der Waals surface area (Å²) in [5.74, 6) is 0. The summed E-state index contributed by atoms with van der Waals surface area (Å²) in [6.45, 7) is 9.70. The molecular weight excluding hydrogens is 294 g/mol. The van der Waals surface area contributed by atoms with E-state index in [4.69, 9.17) is 11.6 Å². The van der Waals surface area contributed by atoms with Gasteiger partial charge in [0.05, 0.1) is 6.10 Å².